The molecule has 1 rings (SSSR count). The third-order valence-electron chi connectivity index (χ3n) is 1.80. The summed E-state index contributed by atoms with van der Waals surface area (Å²) in [6.45, 7) is 4.03. The van der Waals surface area contributed by atoms with Gasteiger partial charge in [-0.1, -0.05) is 6.92 Å². The molecule has 1 heterocycles. The fourth-order valence-corrected chi connectivity index (χ4v) is 1.10. The summed E-state index contributed by atoms with van der Waals surface area (Å²) < 4.78 is 2.02. The first-order valence-electron chi connectivity index (χ1n) is 3.44. The number of imidazole rings is 1. The lowest BCUT2D eigenvalue weighted by atomic mass is 10.3. The highest BCUT2D eigenvalue weighted by atomic mass is 15.1. The van der Waals surface area contributed by atoms with Crippen molar-refractivity contribution in [2.24, 2.45) is 7.05 Å². The zero-order chi connectivity index (χ0) is 7.72. The molecule has 56 valence electrons. The summed E-state index contributed by atoms with van der Waals surface area (Å²) in [5, 5.41) is 0. The molecule has 0 atom stereocenters. The SMILES string of the molecule is CCc1c(N)nc(C)n1C. The normalized spacial score (nSPS) is 10.3. The van der Waals surface area contributed by atoms with Crippen LogP contribution in [0.4, 0.5) is 5.82 Å². The van der Waals surface area contributed by atoms with Crippen molar-refractivity contribution in [3.8, 4) is 0 Å². The van der Waals surface area contributed by atoms with Crippen LogP contribution in [-0.2, 0) is 13.5 Å². The van der Waals surface area contributed by atoms with Gasteiger partial charge in [-0.25, -0.2) is 4.98 Å². The molecule has 0 aliphatic carbocycles. The van der Waals surface area contributed by atoms with Gasteiger partial charge in [0.2, 0.25) is 0 Å². The number of aryl methyl sites for hydroxylation is 1. The van der Waals surface area contributed by atoms with E-state index < -0.39 is 0 Å². The van der Waals surface area contributed by atoms with E-state index in [2.05, 4.69) is 11.9 Å². The Balaban J connectivity index is 3.20. The van der Waals surface area contributed by atoms with Crippen LogP contribution in [0.2, 0.25) is 0 Å². The molecule has 0 radical (unpaired) electrons. The van der Waals surface area contributed by atoms with Crippen molar-refractivity contribution >= 4 is 5.82 Å². The van der Waals surface area contributed by atoms with Crippen LogP contribution in [0, 0.1) is 6.92 Å². The monoisotopic (exact) mass is 139 g/mol. The molecule has 0 bridgehead atoms. The van der Waals surface area contributed by atoms with E-state index in [-0.39, 0.29) is 0 Å². The molecule has 0 fully saturated rings. The van der Waals surface area contributed by atoms with Gasteiger partial charge in [0.15, 0.2) is 0 Å². The van der Waals surface area contributed by atoms with Gasteiger partial charge in [-0.3, -0.25) is 0 Å². The molecule has 0 saturated carbocycles. The van der Waals surface area contributed by atoms with Crippen molar-refractivity contribution in [2.75, 3.05) is 5.73 Å². The molecule has 1 aromatic rings. The maximum atomic E-state index is 5.62. The number of aromatic nitrogens is 2. The highest BCUT2D eigenvalue weighted by Crippen LogP contribution is 2.11. The van der Waals surface area contributed by atoms with E-state index in [9.17, 15) is 0 Å². The van der Waals surface area contributed by atoms with Gasteiger partial charge >= 0.3 is 0 Å². The first-order valence-corrected chi connectivity index (χ1v) is 3.44. The van der Waals surface area contributed by atoms with Gasteiger partial charge in [-0.05, 0) is 13.3 Å². The van der Waals surface area contributed by atoms with Gasteiger partial charge in [0.25, 0.3) is 0 Å². The number of nitrogens with two attached hydrogens (primary N) is 1. The molecule has 0 aromatic carbocycles. The Morgan fingerprint density at radius 2 is 2.20 bits per heavy atom. The van der Waals surface area contributed by atoms with E-state index >= 15 is 0 Å². The molecule has 0 saturated heterocycles. The van der Waals surface area contributed by atoms with Crippen molar-refractivity contribution < 1.29 is 0 Å². The highest BCUT2D eigenvalue weighted by molar-refractivity contribution is 5.36. The van der Waals surface area contributed by atoms with Crippen LogP contribution >= 0.6 is 0 Å². The average Bonchev–Trinajstić information content (AvgIpc) is 2.09. The van der Waals surface area contributed by atoms with Crippen LogP contribution in [-0.4, -0.2) is 9.55 Å². The Hall–Kier alpha value is -0.990. The lowest BCUT2D eigenvalue weighted by molar-refractivity contribution is 0.798. The standard InChI is InChI=1S/C7H13N3/c1-4-6-7(8)9-5(2)10(6)3/h4,8H2,1-3H3. The molecule has 0 aliphatic rings. The summed E-state index contributed by atoms with van der Waals surface area (Å²) in [5.41, 5.74) is 6.74. The minimum atomic E-state index is 0.669. The molecule has 2 N–H and O–H groups in total. The van der Waals surface area contributed by atoms with Crippen LogP contribution in [0.5, 0.6) is 0 Å². The van der Waals surface area contributed by atoms with E-state index in [0.29, 0.717) is 5.82 Å². The van der Waals surface area contributed by atoms with Crippen LogP contribution < -0.4 is 5.73 Å². The third kappa shape index (κ3) is 0.875. The summed E-state index contributed by atoms with van der Waals surface area (Å²) in [7, 11) is 1.98. The molecular weight excluding hydrogens is 126 g/mol. The summed E-state index contributed by atoms with van der Waals surface area (Å²) in [6, 6.07) is 0. The summed E-state index contributed by atoms with van der Waals surface area (Å²) in [4.78, 5) is 4.12. The quantitative estimate of drug-likeness (QED) is 0.627. The second-order valence-electron chi connectivity index (χ2n) is 2.40. The third-order valence-corrected chi connectivity index (χ3v) is 1.80. The molecule has 0 aliphatic heterocycles. The lowest BCUT2D eigenvalue weighted by Gasteiger charge is -1.98. The van der Waals surface area contributed by atoms with E-state index in [0.717, 1.165) is 17.9 Å². The van der Waals surface area contributed by atoms with Gasteiger partial charge in [0, 0.05) is 7.05 Å². The molecule has 1 aromatic heterocycles. The van der Waals surface area contributed by atoms with E-state index in [1.165, 1.54) is 0 Å². The largest absolute Gasteiger partial charge is 0.382 e. The Morgan fingerprint density at radius 1 is 1.60 bits per heavy atom. The number of nitrogen functional groups attached to an aromatic ring is 1. The molecule has 0 spiro atoms. The molecule has 0 amide bonds. The fourth-order valence-electron chi connectivity index (χ4n) is 1.10. The first-order chi connectivity index (χ1) is 4.66. The zero-order valence-corrected chi connectivity index (χ0v) is 6.68. The summed E-state index contributed by atoms with van der Waals surface area (Å²) in [5.74, 6) is 1.65. The van der Waals surface area contributed by atoms with Gasteiger partial charge in [0.05, 0.1) is 5.69 Å². The zero-order valence-electron chi connectivity index (χ0n) is 6.68. The minimum absolute atomic E-state index is 0.669. The first kappa shape index (κ1) is 7.12. The topological polar surface area (TPSA) is 43.8 Å². The summed E-state index contributed by atoms with van der Waals surface area (Å²) in [6.07, 6.45) is 0.948. The van der Waals surface area contributed by atoms with E-state index in [4.69, 9.17) is 5.73 Å². The smallest absolute Gasteiger partial charge is 0.145 e. The Bertz CT molecular complexity index is 237. The Kier molecular flexibility index (Phi) is 1.66. The van der Waals surface area contributed by atoms with Crippen molar-refractivity contribution in [3.05, 3.63) is 11.5 Å². The molecule has 3 heteroatoms. The molecule has 10 heavy (non-hydrogen) atoms. The number of rotatable bonds is 1. The highest BCUT2D eigenvalue weighted by Gasteiger charge is 2.05. The molecular formula is C7H13N3. The minimum Gasteiger partial charge on any atom is -0.382 e. The molecule has 3 nitrogen and oxygen atoms in total. The number of hydrogen-bond donors (Lipinski definition) is 1. The Labute approximate surface area is 60.9 Å². The van der Waals surface area contributed by atoms with Gasteiger partial charge in [0.1, 0.15) is 11.6 Å². The predicted octanol–water partition coefficient (Wildman–Crippen LogP) is 0.873. The fraction of sp³-hybridized carbons (Fsp3) is 0.571. The number of anilines is 1. The van der Waals surface area contributed by atoms with Gasteiger partial charge in [-0.2, -0.15) is 0 Å². The maximum Gasteiger partial charge on any atom is 0.145 e. The van der Waals surface area contributed by atoms with Crippen molar-refractivity contribution in [1.29, 1.82) is 0 Å². The Morgan fingerprint density at radius 3 is 2.40 bits per heavy atom. The van der Waals surface area contributed by atoms with Crippen LogP contribution in [0.3, 0.4) is 0 Å². The molecule has 0 unspecified atom stereocenters. The second kappa shape index (κ2) is 2.33. The summed E-state index contributed by atoms with van der Waals surface area (Å²) >= 11 is 0. The van der Waals surface area contributed by atoms with Crippen LogP contribution in [0.1, 0.15) is 18.4 Å². The van der Waals surface area contributed by atoms with Crippen LogP contribution in [0.15, 0.2) is 0 Å². The van der Waals surface area contributed by atoms with Crippen molar-refractivity contribution in [2.45, 2.75) is 20.3 Å². The number of nitrogens with zero attached hydrogens (tertiary/aromatic N) is 2. The van der Waals surface area contributed by atoms with Gasteiger partial charge in [-0.15, -0.1) is 0 Å². The van der Waals surface area contributed by atoms with Crippen molar-refractivity contribution in [3.63, 3.8) is 0 Å². The maximum absolute atomic E-state index is 5.62. The van der Waals surface area contributed by atoms with Gasteiger partial charge < -0.3 is 10.3 Å². The van der Waals surface area contributed by atoms with E-state index in [1.54, 1.807) is 0 Å². The van der Waals surface area contributed by atoms with Crippen LogP contribution in [0.25, 0.3) is 0 Å². The average molecular weight is 139 g/mol. The predicted molar refractivity (Wildman–Crippen MR) is 41.7 cm³/mol. The van der Waals surface area contributed by atoms with E-state index in [1.807, 2.05) is 18.5 Å². The lowest BCUT2D eigenvalue weighted by Crippen LogP contribution is -1.98. The second-order valence-corrected chi connectivity index (χ2v) is 2.40. The van der Waals surface area contributed by atoms with Crippen molar-refractivity contribution in [1.82, 2.24) is 9.55 Å². The number of hydrogen-bond acceptors (Lipinski definition) is 2.